The normalized spacial score (nSPS) is 19.3. The van der Waals surface area contributed by atoms with Crippen molar-refractivity contribution in [2.75, 3.05) is 5.32 Å². The minimum atomic E-state index is -0.659. The predicted molar refractivity (Wildman–Crippen MR) is 142 cm³/mol. The van der Waals surface area contributed by atoms with Crippen LogP contribution in [0.25, 0.3) is 0 Å². The van der Waals surface area contributed by atoms with E-state index in [2.05, 4.69) is 10.3 Å². The van der Waals surface area contributed by atoms with Crippen LogP contribution in [0.15, 0.2) is 82.9 Å². The van der Waals surface area contributed by atoms with Crippen molar-refractivity contribution in [1.82, 2.24) is 5.01 Å². The van der Waals surface area contributed by atoms with Crippen LogP contribution in [-0.2, 0) is 9.59 Å². The Balaban J connectivity index is 1.33. The number of amidine groups is 1. The summed E-state index contributed by atoms with van der Waals surface area (Å²) in [5.41, 5.74) is 3.78. The molecule has 2 heterocycles. The molecule has 0 aromatic heterocycles. The summed E-state index contributed by atoms with van der Waals surface area (Å²) in [6.45, 7) is 1.62. The van der Waals surface area contributed by atoms with Gasteiger partial charge in [-0.05, 0) is 53.9 Å². The van der Waals surface area contributed by atoms with Gasteiger partial charge in [-0.15, -0.1) is 0 Å². The Morgan fingerprint density at radius 1 is 1.14 bits per heavy atom. The van der Waals surface area contributed by atoms with Gasteiger partial charge in [0.15, 0.2) is 5.17 Å². The molecule has 36 heavy (non-hydrogen) atoms. The number of nitrogens with zero attached hydrogens (tertiary/aromatic N) is 3. The molecule has 5 rings (SSSR count). The zero-order chi connectivity index (χ0) is 25.2. The van der Waals surface area contributed by atoms with E-state index >= 15 is 0 Å². The van der Waals surface area contributed by atoms with E-state index in [1.165, 1.54) is 23.9 Å². The third-order valence-corrected chi connectivity index (χ3v) is 7.40. The number of thioether (sulfide) groups is 1. The summed E-state index contributed by atoms with van der Waals surface area (Å²) < 4.78 is 13.5. The minimum absolute atomic E-state index is 0.0511. The monoisotopic (exact) mass is 520 g/mol. The summed E-state index contributed by atoms with van der Waals surface area (Å²) in [5.74, 6) is -1.05. The number of hydrazone groups is 1. The van der Waals surface area contributed by atoms with Gasteiger partial charge in [0.05, 0.1) is 11.8 Å². The van der Waals surface area contributed by atoms with E-state index in [9.17, 15) is 14.0 Å². The van der Waals surface area contributed by atoms with Crippen molar-refractivity contribution in [2.24, 2.45) is 10.1 Å². The first kappa shape index (κ1) is 24.2. The van der Waals surface area contributed by atoms with Crippen LogP contribution in [0.2, 0.25) is 5.02 Å². The Morgan fingerprint density at radius 2 is 1.89 bits per heavy atom. The maximum absolute atomic E-state index is 13.5. The molecular formula is C27H22ClFN4O2S. The van der Waals surface area contributed by atoms with E-state index in [1.807, 2.05) is 54.6 Å². The Hall–Kier alpha value is -3.49. The van der Waals surface area contributed by atoms with Crippen molar-refractivity contribution < 1.29 is 14.0 Å². The molecule has 0 spiro atoms. The molecule has 0 saturated carbocycles. The summed E-state index contributed by atoms with van der Waals surface area (Å²) in [7, 11) is 0. The molecule has 1 N–H and O–H groups in total. The predicted octanol–water partition coefficient (Wildman–Crippen LogP) is 5.97. The second-order valence-corrected chi connectivity index (χ2v) is 10.2. The highest BCUT2D eigenvalue weighted by molar-refractivity contribution is 8.15. The summed E-state index contributed by atoms with van der Waals surface area (Å²) >= 11 is 7.29. The molecule has 2 amide bonds. The van der Waals surface area contributed by atoms with E-state index in [1.54, 1.807) is 18.0 Å². The lowest BCUT2D eigenvalue weighted by molar-refractivity contribution is -0.121. The first-order valence-corrected chi connectivity index (χ1v) is 12.7. The molecule has 2 aliphatic heterocycles. The number of carbonyl (C=O) groups is 2. The molecule has 6 nitrogen and oxygen atoms in total. The van der Waals surface area contributed by atoms with Crippen LogP contribution in [0.5, 0.6) is 0 Å². The molecule has 0 fully saturated rings. The lowest BCUT2D eigenvalue weighted by Crippen LogP contribution is -2.25. The van der Waals surface area contributed by atoms with Crippen LogP contribution in [0.1, 0.15) is 35.6 Å². The van der Waals surface area contributed by atoms with Crippen LogP contribution < -0.4 is 5.32 Å². The van der Waals surface area contributed by atoms with Crippen LogP contribution in [-0.4, -0.2) is 33.0 Å². The second-order valence-electron chi connectivity index (χ2n) is 8.58. The number of aryl methyl sites for hydroxylation is 1. The zero-order valence-corrected chi connectivity index (χ0v) is 20.9. The summed E-state index contributed by atoms with van der Waals surface area (Å²) in [5, 5.41) is 9.80. The summed E-state index contributed by atoms with van der Waals surface area (Å²) in [6, 6.07) is 21.6. The van der Waals surface area contributed by atoms with E-state index in [0.29, 0.717) is 27.9 Å². The molecular weight excluding hydrogens is 499 g/mol. The van der Waals surface area contributed by atoms with E-state index in [0.717, 1.165) is 16.8 Å². The Morgan fingerprint density at radius 3 is 2.61 bits per heavy atom. The van der Waals surface area contributed by atoms with Gasteiger partial charge in [-0.3, -0.25) is 9.59 Å². The van der Waals surface area contributed by atoms with Crippen LogP contribution in [0.4, 0.5) is 10.1 Å². The third kappa shape index (κ3) is 5.20. The number of carbonyl (C=O) groups excluding carboxylic acids is 2. The van der Waals surface area contributed by atoms with Gasteiger partial charge in [-0.25, -0.2) is 9.40 Å². The number of hydrogen-bond donors (Lipinski definition) is 1. The largest absolute Gasteiger partial charge is 0.326 e. The number of halogens is 2. The van der Waals surface area contributed by atoms with Crippen molar-refractivity contribution in [3.63, 3.8) is 0 Å². The van der Waals surface area contributed by atoms with Gasteiger partial charge in [0, 0.05) is 23.6 Å². The number of anilines is 1. The van der Waals surface area contributed by atoms with Crippen molar-refractivity contribution in [3.05, 3.63) is 100 Å². The van der Waals surface area contributed by atoms with E-state index < -0.39 is 5.25 Å². The average Bonchev–Trinajstić information content (AvgIpc) is 3.46. The lowest BCUT2D eigenvalue weighted by Gasteiger charge is -2.23. The Labute approximate surface area is 217 Å². The number of rotatable bonds is 5. The summed E-state index contributed by atoms with van der Waals surface area (Å²) in [6.07, 6.45) is 0.582. The fraction of sp³-hybridized carbons (Fsp3) is 0.185. The molecule has 3 aromatic rings. The first-order chi connectivity index (χ1) is 17.4. The molecule has 2 atom stereocenters. The van der Waals surface area contributed by atoms with Crippen LogP contribution in [0, 0.1) is 12.7 Å². The summed E-state index contributed by atoms with van der Waals surface area (Å²) in [4.78, 5) is 29.6. The number of amides is 2. The number of hydrogen-bond acceptors (Lipinski definition) is 5. The van der Waals surface area contributed by atoms with Gasteiger partial charge >= 0.3 is 0 Å². The van der Waals surface area contributed by atoms with Gasteiger partial charge in [-0.2, -0.15) is 10.1 Å². The highest BCUT2D eigenvalue weighted by atomic mass is 35.5. The molecule has 3 aromatic carbocycles. The molecule has 2 aliphatic rings. The maximum Gasteiger partial charge on any atom is 0.262 e. The van der Waals surface area contributed by atoms with Gasteiger partial charge in [-0.1, -0.05) is 65.8 Å². The standard InChI is InChI=1S/C27H22ClFN4O2S/c1-16-13-20(11-12-21(16)29)30-25(34)15-24-26(35)31-27(36-24)33-23(18-5-3-2-4-6-18)14-22(32-33)17-7-9-19(28)10-8-17/h2-13,23-24H,14-15H2,1H3,(H,30,34)/t23-,24-/m0/s1. The maximum atomic E-state index is 13.5. The Kier molecular flexibility index (Phi) is 6.89. The number of aliphatic imine (C=N–C) groups is 1. The topological polar surface area (TPSA) is 74.1 Å². The second kappa shape index (κ2) is 10.2. The van der Waals surface area contributed by atoms with Gasteiger partial charge in [0.2, 0.25) is 5.91 Å². The highest BCUT2D eigenvalue weighted by Gasteiger charge is 2.39. The molecule has 0 bridgehead atoms. The van der Waals surface area contributed by atoms with Gasteiger partial charge < -0.3 is 5.32 Å². The zero-order valence-electron chi connectivity index (χ0n) is 19.3. The fourth-order valence-electron chi connectivity index (χ4n) is 4.15. The van der Waals surface area contributed by atoms with Crippen LogP contribution >= 0.6 is 23.4 Å². The highest BCUT2D eigenvalue weighted by Crippen LogP contribution is 2.38. The molecule has 0 aliphatic carbocycles. The van der Waals surface area contributed by atoms with Crippen molar-refractivity contribution >= 4 is 51.7 Å². The van der Waals surface area contributed by atoms with Crippen molar-refractivity contribution in [2.45, 2.75) is 31.1 Å². The van der Waals surface area contributed by atoms with E-state index in [4.69, 9.17) is 16.7 Å². The number of benzene rings is 3. The lowest BCUT2D eigenvalue weighted by atomic mass is 9.99. The molecule has 182 valence electrons. The van der Waals surface area contributed by atoms with Gasteiger partial charge in [0.25, 0.3) is 5.91 Å². The van der Waals surface area contributed by atoms with Crippen molar-refractivity contribution in [3.8, 4) is 0 Å². The smallest absolute Gasteiger partial charge is 0.262 e. The van der Waals surface area contributed by atoms with Gasteiger partial charge in [0.1, 0.15) is 11.1 Å². The van der Waals surface area contributed by atoms with E-state index in [-0.39, 0.29) is 30.1 Å². The van der Waals surface area contributed by atoms with Crippen molar-refractivity contribution in [1.29, 1.82) is 0 Å². The molecule has 9 heteroatoms. The third-order valence-electron chi connectivity index (χ3n) is 6.01. The fourth-order valence-corrected chi connectivity index (χ4v) is 5.33. The SMILES string of the molecule is Cc1cc(NC(=O)C[C@@H]2SC(N3N=C(c4ccc(Cl)cc4)C[C@H]3c3ccccc3)=NC2=O)ccc1F. The first-order valence-electron chi connectivity index (χ1n) is 11.4. The molecule has 0 unspecified atom stereocenters. The number of nitrogens with one attached hydrogen (secondary N) is 1. The minimum Gasteiger partial charge on any atom is -0.326 e. The molecule has 0 saturated heterocycles. The quantitative estimate of drug-likeness (QED) is 0.450. The average molecular weight is 521 g/mol. The van der Waals surface area contributed by atoms with Crippen LogP contribution in [0.3, 0.4) is 0 Å². The Bertz CT molecular complexity index is 1380. The molecule has 0 radical (unpaired) electrons.